The van der Waals surface area contributed by atoms with Gasteiger partial charge in [-0.2, -0.15) is 4.98 Å². The maximum Gasteiger partial charge on any atom is 0.328 e. The lowest BCUT2D eigenvalue weighted by molar-refractivity contribution is -0.141. The summed E-state index contributed by atoms with van der Waals surface area (Å²) in [6.45, 7) is 1.99. The predicted octanol–water partition coefficient (Wildman–Crippen LogP) is 1.36. The summed E-state index contributed by atoms with van der Waals surface area (Å²) in [7, 11) is 1.36. The Morgan fingerprint density at radius 2 is 2.30 bits per heavy atom. The Labute approximate surface area is 116 Å². The summed E-state index contributed by atoms with van der Waals surface area (Å²) in [4.78, 5) is 24.2. The maximum atomic E-state index is 11.7. The molecule has 2 aromatic heterocycles. The van der Waals surface area contributed by atoms with E-state index in [1.165, 1.54) is 7.11 Å². The van der Waals surface area contributed by atoms with E-state index in [9.17, 15) is 4.79 Å². The van der Waals surface area contributed by atoms with Crippen molar-refractivity contribution in [2.75, 3.05) is 18.2 Å². The molecule has 7 heteroatoms. The number of rotatable bonds is 5. The molecule has 0 saturated carbocycles. The third kappa shape index (κ3) is 2.93. The number of nitrogens with one attached hydrogen (secondary N) is 1. The van der Waals surface area contributed by atoms with Crippen LogP contribution in [0, 0.1) is 0 Å². The molecule has 3 N–H and O–H groups in total. The van der Waals surface area contributed by atoms with Crippen LogP contribution in [0.4, 0.5) is 11.8 Å². The van der Waals surface area contributed by atoms with Gasteiger partial charge in [-0.3, -0.25) is 4.98 Å². The molecule has 2 rings (SSSR count). The summed E-state index contributed by atoms with van der Waals surface area (Å²) < 4.78 is 4.78. The van der Waals surface area contributed by atoms with Crippen molar-refractivity contribution in [3.8, 4) is 0 Å². The Kier molecular flexibility index (Phi) is 4.29. The molecule has 0 unspecified atom stereocenters. The van der Waals surface area contributed by atoms with Crippen LogP contribution in [-0.4, -0.2) is 34.1 Å². The van der Waals surface area contributed by atoms with Gasteiger partial charge in [0, 0.05) is 6.20 Å². The van der Waals surface area contributed by atoms with Crippen LogP contribution in [0.15, 0.2) is 18.3 Å². The van der Waals surface area contributed by atoms with Gasteiger partial charge in [-0.25, -0.2) is 9.78 Å². The molecule has 2 heterocycles. The van der Waals surface area contributed by atoms with Crippen LogP contribution in [0.25, 0.3) is 11.0 Å². The predicted molar refractivity (Wildman–Crippen MR) is 76.1 cm³/mol. The number of esters is 1. The highest BCUT2D eigenvalue weighted by molar-refractivity contribution is 5.88. The highest BCUT2D eigenvalue weighted by Crippen LogP contribution is 2.20. The summed E-state index contributed by atoms with van der Waals surface area (Å²) in [5.74, 6) is 0.234. The van der Waals surface area contributed by atoms with Crippen molar-refractivity contribution in [1.82, 2.24) is 15.0 Å². The molecule has 2 aromatic rings. The Bertz CT molecular complexity index is 617. The lowest BCUT2D eigenvalue weighted by Crippen LogP contribution is -2.31. The fraction of sp³-hybridized carbons (Fsp3) is 0.385. The molecule has 1 atom stereocenters. The van der Waals surface area contributed by atoms with E-state index in [0.717, 1.165) is 6.42 Å². The molecule has 106 valence electrons. The number of fused-ring (bicyclic) bond motifs is 1. The number of carbonyl (C=O) groups excluding carboxylic acids is 1. The van der Waals surface area contributed by atoms with Crippen molar-refractivity contribution in [2.45, 2.75) is 25.8 Å². The summed E-state index contributed by atoms with van der Waals surface area (Å²) in [6, 6.07) is 3.07. The van der Waals surface area contributed by atoms with Gasteiger partial charge in [-0.15, -0.1) is 0 Å². The fourth-order valence-corrected chi connectivity index (χ4v) is 1.93. The number of nitrogen functional groups attached to an aromatic ring is 1. The Morgan fingerprint density at radius 3 is 3.00 bits per heavy atom. The van der Waals surface area contributed by atoms with E-state index in [2.05, 4.69) is 20.3 Å². The second kappa shape index (κ2) is 6.14. The average Bonchev–Trinajstić information content (AvgIpc) is 2.45. The number of nitrogens with two attached hydrogens (primary N) is 1. The van der Waals surface area contributed by atoms with Crippen LogP contribution < -0.4 is 11.1 Å². The minimum Gasteiger partial charge on any atom is -0.467 e. The molecule has 0 bridgehead atoms. The van der Waals surface area contributed by atoms with Crippen LogP contribution in [0.3, 0.4) is 0 Å². The van der Waals surface area contributed by atoms with Gasteiger partial charge < -0.3 is 15.8 Å². The summed E-state index contributed by atoms with van der Waals surface area (Å²) in [5, 5.41) is 3.05. The normalized spacial score (nSPS) is 12.1. The van der Waals surface area contributed by atoms with Gasteiger partial charge >= 0.3 is 5.97 Å². The molecular weight excluding hydrogens is 258 g/mol. The quantitative estimate of drug-likeness (QED) is 0.794. The number of hydrogen-bond acceptors (Lipinski definition) is 7. The number of ether oxygens (including phenoxy) is 1. The smallest absolute Gasteiger partial charge is 0.328 e. The first kappa shape index (κ1) is 14.0. The van der Waals surface area contributed by atoms with Crippen molar-refractivity contribution >= 4 is 28.8 Å². The summed E-state index contributed by atoms with van der Waals surface area (Å²) in [6.07, 6.45) is 3.10. The number of anilines is 2. The highest BCUT2D eigenvalue weighted by atomic mass is 16.5. The van der Waals surface area contributed by atoms with E-state index in [1.807, 2.05) is 6.92 Å². The van der Waals surface area contributed by atoms with Gasteiger partial charge in [0.1, 0.15) is 11.6 Å². The lowest BCUT2D eigenvalue weighted by atomic mass is 10.1. The molecule has 0 radical (unpaired) electrons. The first-order valence-corrected chi connectivity index (χ1v) is 6.38. The largest absolute Gasteiger partial charge is 0.467 e. The van der Waals surface area contributed by atoms with Gasteiger partial charge in [0.2, 0.25) is 5.95 Å². The molecular formula is C13H17N5O2. The third-order valence-corrected chi connectivity index (χ3v) is 2.85. The Balaban J connectivity index is 2.38. The highest BCUT2D eigenvalue weighted by Gasteiger charge is 2.20. The fourth-order valence-electron chi connectivity index (χ4n) is 1.93. The van der Waals surface area contributed by atoms with Crippen molar-refractivity contribution in [3.05, 3.63) is 18.3 Å². The summed E-state index contributed by atoms with van der Waals surface area (Å²) in [5.41, 5.74) is 6.88. The molecule has 0 aliphatic rings. The molecule has 0 saturated heterocycles. The Hall–Kier alpha value is -2.44. The van der Waals surface area contributed by atoms with Gasteiger partial charge in [0.25, 0.3) is 0 Å². The van der Waals surface area contributed by atoms with Gasteiger partial charge in [-0.05, 0) is 18.6 Å². The van der Waals surface area contributed by atoms with E-state index >= 15 is 0 Å². The van der Waals surface area contributed by atoms with Crippen molar-refractivity contribution in [2.24, 2.45) is 0 Å². The van der Waals surface area contributed by atoms with Crippen LogP contribution in [0.1, 0.15) is 19.8 Å². The monoisotopic (exact) mass is 275 g/mol. The molecule has 0 aliphatic heterocycles. The summed E-state index contributed by atoms with van der Waals surface area (Å²) >= 11 is 0. The zero-order chi connectivity index (χ0) is 14.5. The van der Waals surface area contributed by atoms with Gasteiger partial charge in [0.15, 0.2) is 5.82 Å². The van der Waals surface area contributed by atoms with E-state index < -0.39 is 6.04 Å². The van der Waals surface area contributed by atoms with Crippen molar-refractivity contribution < 1.29 is 9.53 Å². The molecule has 0 aliphatic carbocycles. The molecule has 0 spiro atoms. The number of pyridine rings is 1. The van der Waals surface area contributed by atoms with Crippen LogP contribution in [0.2, 0.25) is 0 Å². The zero-order valence-corrected chi connectivity index (χ0v) is 11.5. The van der Waals surface area contributed by atoms with Crippen molar-refractivity contribution in [1.29, 1.82) is 0 Å². The number of carbonyl (C=O) groups is 1. The van der Waals surface area contributed by atoms with E-state index in [-0.39, 0.29) is 11.9 Å². The van der Waals surface area contributed by atoms with Crippen molar-refractivity contribution in [3.63, 3.8) is 0 Å². The van der Waals surface area contributed by atoms with E-state index in [4.69, 9.17) is 10.5 Å². The minimum absolute atomic E-state index is 0.133. The van der Waals surface area contributed by atoms with Crippen LogP contribution in [0.5, 0.6) is 0 Å². The lowest BCUT2D eigenvalue weighted by Gasteiger charge is -2.17. The number of aromatic nitrogens is 3. The average molecular weight is 275 g/mol. The minimum atomic E-state index is -0.482. The number of methoxy groups -OCH3 is 1. The standard InChI is InChI=1S/C13H17N5O2/c1-3-5-9(12(19)20-2)16-11-10-8(6-4-7-15-10)17-13(14)18-11/h4,6-7,9H,3,5H2,1-2H3,(H3,14,16,17,18)/t9-/m0/s1. The number of nitrogens with zero attached hydrogens (tertiary/aromatic N) is 3. The maximum absolute atomic E-state index is 11.7. The molecule has 0 aromatic carbocycles. The van der Waals surface area contributed by atoms with E-state index in [1.54, 1.807) is 18.3 Å². The molecule has 0 fully saturated rings. The van der Waals surface area contributed by atoms with Crippen LogP contribution >= 0.6 is 0 Å². The molecule has 0 amide bonds. The molecule has 20 heavy (non-hydrogen) atoms. The first-order valence-electron chi connectivity index (χ1n) is 6.38. The number of hydrogen-bond donors (Lipinski definition) is 2. The van der Waals surface area contributed by atoms with Crippen LogP contribution in [-0.2, 0) is 9.53 Å². The second-order valence-electron chi connectivity index (χ2n) is 4.31. The topological polar surface area (TPSA) is 103 Å². The SMILES string of the molecule is CCC[C@H](Nc1nc(N)nc2cccnc12)C(=O)OC. The second-order valence-corrected chi connectivity index (χ2v) is 4.31. The first-order chi connectivity index (χ1) is 9.65. The third-order valence-electron chi connectivity index (χ3n) is 2.85. The molecule has 7 nitrogen and oxygen atoms in total. The zero-order valence-electron chi connectivity index (χ0n) is 11.5. The van der Waals surface area contributed by atoms with Gasteiger partial charge in [0.05, 0.1) is 12.6 Å². The van der Waals surface area contributed by atoms with E-state index in [0.29, 0.717) is 23.3 Å². The van der Waals surface area contributed by atoms with Gasteiger partial charge in [-0.1, -0.05) is 13.3 Å². The Morgan fingerprint density at radius 1 is 1.50 bits per heavy atom.